The number of hydrogen-bond donors (Lipinski definition) is 1. The van der Waals surface area contributed by atoms with Gasteiger partial charge in [-0.1, -0.05) is 0 Å². The van der Waals surface area contributed by atoms with Gasteiger partial charge in [-0.15, -0.1) is 6.42 Å². The van der Waals surface area contributed by atoms with Crippen LogP contribution in [0.25, 0.3) is 0 Å². The molecule has 2 heterocycles. The van der Waals surface area contributed by atoms with Crippen molar-refractivity contribution in [1.82, 2.24) is 10.2 Å². The second kappa shape index (κ2) is 4.67. The lowest BCUT2D eigenvalue weighted by Crippen LogP contribution is -2.42. The molecule has 0 aromatic rings. The van der Waals surface area contributed by atoms with Gasteiger partial charge in [0.1, 0.15) is 0 Å². The molecule has 1 amide bonds. The number of carbonyl (C=O) groups is 1. The Bertz CT molecular complexity index is 268. The van der Waals surface area contributed by atoms with E-state index in [0.717, 1.165) is 38.4 Å². The fraction of sp³-hybridized carbons (Fsp3) is 0.750. The van der Waals surface area contributed by atoms with Crippen LogP contribution in [0.4, 0.5) is 0 Å². The van der Waals surface area contributed by atoms with E-state index < -0.39 is 0 Å². The van der Waals surface area contributed by atoms with E-state index in [-0.39, 0.29) is 5.91 Å². The van der Waals surface area contributed by atoms with Crippen molar-refractivity contribution in [1.29, 1.82) is 0 Å². The lowest BCUT2D eigenvalue weighted by molar-refractivity contribution is -0.126. The summed E-state index contributed by atoms with van der Waals surface area (Å²) in [6.45, 7) is 2.84. The summed E-state index contributed by atoms with van der Waals surface area (Å²) in [6, 6.07) is 0.688. The van der Waals surface area contributed by atoms with E-state index in [2.05, 4.69) is 11.2 Å². The molecule has 0 aromatic carbocycles. The molecule has 2 rings (SSSR count). The van der Waals surface area contributed by atoms with Gasteiger partial charge in [0, 0.05) is 19.1 Å². The number of nitrogens with zero attached hydrogens (tertiary/aromatic N) is 1. The van der Waals surface area contributed by atoms with Gasteiger partial charge in [-0.3, -0.25) is 4.79 Å². The number of piperidine rings is 1. The van der Waals surface area contributed by atoms with E-state index >= 15 is 0 Å². The molecule has 1 unspecified atom stereocenters. The third-order valence-corrected chi connectivity index (χ3v) is 3.62. The highest BCUT2D eigenvalue weighted by Gasteiger charge is 2.29. The summed E-state index contributed by atoms with van der Waals surface area (Å²) < 4.78 is 0. The summed E-state index contributed by atoms with van der Waals surface area (Å²) in [5.41, 5.74) is 0. The van der Waals surface area contributed by atoms with E-state index in [1.807, 2.05) is 0 Å². The maximum absolute atomic E-state index is 11.3. The number of hydrogen-bond acceptors (Lipinski definition) is 2. The molecule has 3 heteroatoms. The molecule has 3 nitrogen and oxygen atoms in total. The molecule has 0 spiro atoms. The first kappa shape index (κ1) is 10.5. The van der Waals surface area contributed by atoms with Crippen LogP contribution in [0.15, 0.2) is 0 Å². The fourth-order valence-electron chi connectivity index (χ4n) is 2.71. The molecule has 0 bridgehead atoms. The van der Waals surface area contributed by atoms with Gasteiger partial charge in [0.15, 0.2) is 0 Å². The quantitative estimate of drug-likeness (QED) is 0.638. The van der Waals surface area contributed by atoms with Gasteiger partial charge in [-0.25, -0.2) is 0 Å². The summed E-state index contributed by atoms with van der Waals surface area (Å²) >= 11 is 0. The lowest BCUT2D eigenvalue weighted by Gasteiger charge is -2.33. The average molecular weight is 206 g/mol. The third kappa shape index (κ3) is 2.32. The van der Waals surface area contributed by atoms with Crippen LogP contribution in [-0.2, 0) is 4.79 Å². The topological polar surface area (TPSA) is 32.3 Å². The molecular formula is C12H18N2O. The van der Waals surface area contributed by atoms with Crippen LogP contribution in [-0.4, -0.2) is 36.5 Å². The Morgan fingerprint density at radius 3 is 2.60 bits per heavy atom. The minimum absolute atomic E-state index is 0.146. The maximum atomic E-state index is 11.3. The van der Waals surface area contributed by atoms with E-state index in [4.69, 9.17) is 6.42 Å². The van der Waals surface area contributed by atoms with Crippen molar-refractivity contribution in [2.24, 2.45) is 5.92 Å². The summed E-state index contributed by atoms with van der Waals surface area (Å²) in [7, 11) is 0. The van der Waals surface area contributed by atoms with Gasteiger partial charge in [0.05, 0.1) is 0 Å². The SMILES string of the molecule is C#CC(=O)N1CCC(C2CCCN2)CC1. The number of rotatable bonds is 1. The smallest absolute Gasteiger partial charge is 0.298 e. The van der Waals surface area contributed by atoms with E-state index in [1.54, 1.807) is 4.90 Å². The lowest BCUT2D eigenvalue weighted by atomic mass is 9.88. The van der Waals surface area contributed by atoms with Gasteiger partial charge in [0.2, 0.25) is 0 Å². The number of amides is 1. The van der Waals surface area contributed by atoms with Crippen molar-refractivity contribution in [3.05, 3.63) is 0 Å². The van der Waals surface area contributed by atoms with Crippen LogP contribution in [0.5, 0.6) is 0 Å². The molecule has 2 aliphatic heterocycles. The minimum atomic E-state index is -0.146. The Morgan fingerprint density at radius 2 is 2.07 bits per heavy atom. The monoisotopic (exact) mass is 206 g/mol. The highest BCUT2D eigenvalue weighted by Crippen LogP contribution is 2.25. The molecule has 0 saturated carbocycles. The van der Waals surface area contributed by atoms with E-state index in [9.17, 15) is 4.79 Å². The summed E-state index contributed by atoms with van der Waals surface area (Å²) in [5, 5.41) is 3.54. The zero-order valence-corrected chi connectivity index (χ0v) is 9.04. The Kier molecular flexibility index (Phi) is 3.27. The van der Waals surface area contributed by atoms with Crippen molar-refractivity contribution in [2.75, 3.05) is 19.6 Å². The summed E-state index contributed by atoms with van der Waals surface area (Å²) in [5.74, 6) is 2.79. The second-order valence-electron chi connectivity index (χ2n) is 4.48. The Morgan fingerprint density at radius 1 is 1.33 bits per heavy atom. The first-order valence-corrected chi connectivity index (χ1v) is 5.80. The van der Waals surface area contributed by atoms with Crippen molar-refractivity contribution in [2.45, 2.75) is 31.7 Å². The Balaban J connectivity index is 1.81. The van der Waals surface area contributed by atoms with Gasteiger partial charge < -0.3 is 10.2 Å². The van der Waals surface area contributed by atoms with Gasteiger partial charge in [-0.05, 0) is 44.1 Å². The van der Waals surface area contributed by atoms with Crippen molar-refractivity contribution in [3.63, 3.8) is 0 Å². The van der Waals surface area contributed by atoms with E-state index in [0.29, 0.717) is 6.04 Å². The molecule has 0 aliphatic carbocycles. The Labute approximate surface area is 91.2 Å². The van der Waals surface area contributed by atoms with Crippen LogP contribution in [0.2, 0.25) is 0 Å². The van der Waals surface area contributed by atoms with Crippen molar-refractivity contribution in [3.8, 4) is 12.3 Å². The molecule has 2 aliphatic rings. The van der Waals surface area contributed by atoms with E-state index in [1.165, 1.54) is 12.8 Å². The standard InChI is InChI=1S/C12H18N2O/c1-2-12(15)14-8-5-10(6-9-14)11-4-3-7-13-11/h1,10-11,13H,3-9H2. The highest BCUT2D eigenvalue weighted by atomic mass is 16.2. The normalized spacial score (nSPS) is 27.7. The zero-order chi connectivity index (χ0) is 10.7. The van der Waals surface area contributed by atoms with Gasteiger partial charge in [0.25, 0.3) is 5.91 Å². The maximum Gasteiger partial charge on any atom is 0.298 e. The molecule has 2 fully saturated rings. The fourth-order valence-corrected chi connectivity index (χ4v) is 2.71. The molecule has 15 heavy (non-hydrogen) atoms. The second-order valence-corrected chi connectivity index (χ2v) is 4.48. The van der Waals surface area contributed by atoms with Crippen molar-refractivity contribution >= 4 is 5.91 Å². The predicted octanol–water partition coefficient (Wildman–Crippen LogP) is 0.610. The summed E-state index contributed by atoms with van der Waals surface area (Å²) in [4.78, 5) is 13.1. The van der Waals surface area contributed by atoms with Gasteiger partial charge >= 0.3 is 0 Å². The third-order valence-electron chi connectivity index (χ3n) is 3.62. The zero-order valence-electron chi connectivity index (χ0n) is 9.04. The number of carbonyl (C=O) groups excluding carboxylic acids is 1. The number of likely N-dealkylation sites (tertiary alicyclic amines) is 1. The molecule has 0 radical (unpaired) electrons. The minimum Gasteiger partial charge on any atom is -0.332 e. The number of terminal acetylenes is 1. The van der Waals surface area contributed by atoms with Gasteiger partial charge in [-0.2, -0.15) is 0 Å². The molecule has 1 atom stereocenters. The predicted molar refractivity (Wildman–Crippen MR) is 59.2 cm³/mol. The average Bonchev–Trinajstić information content (AvgIpc) is 2.82. The largest absolute Gasteiger partial charge is 0.332 e. The molecule has 1 N–H and O–H groups in total. The first-order valence-electron chi connectivity index (χ1n) is 5.80. The molecule has 82 valence electrons. The highest BCUT2D eigenvalue weighted by molar-refractivity contribution is 5.92. The van der Waals surface area contributed by atoms with Crippen LogP contribution >= 0.6 is 0 Å². The number of nitrogens with one attached hydrogen (secondary N) is 1. The summed E-state index contributed by atoms with van der Waals surface area (Å²) in [6.07, 6.45) is 9.91. The molecular weight excluding hydrogens is 188 g/mol. The van der Waals surface area contributed by atoms with Crippen LogP contribution in [0.3, 0.4) is 0 Å². The van der Waals surface area contributed by atoms with Crippen LogP contribution in [0, 0.1) is 18.3 Å². The Hall–Kier alpha value is -1.01. The first-order chi connectivity index (χ1) is 7.31. The molecule has 0 aromatic heterocycles. The van der Waals surface area contributed by atoms with Crippen LogP contribution < -0.4 is 5.32 Å². The van der Waals surface area contributed by atoms with Crippen molar-refractivity contribution < 1.29 is 4.79 Å². The van der Waals surface area contributed by atoms with Crippen LogP contribution in [0.1, 0.15) is 25.7 Å². The molecule has 2 saturated heterocycles.